The summed E-state index contributed by atoms with van der Waals surface area (Å²) in [5, 5.41) is 0. The van der Waals surface area contributed by atoms with Crippen molar-refractivity contribution in [2.45, 2.75) is 19.4 Å². The average molecular weight is 326 g/mol. The Bertz CT molecular complexity index is 760. The zero-order valence-electron chi connectivity index (χ0n) is 13.2. The van der Waals surface area contributed by atoms with Crippen LogP contribution in [0.5, 0.6) is 11.5 Å². The molecule has 1 aliphatic rings. The van der Waals surface area contributed by atoms with Crippen molar-refractivity contribution in [1.29, 1.82) is 0 Å². The highest BCUT2D eigenvalue weighted by Crippen LogP contribution is 2.30. The normalized spacial score (nSPS) is 15.5. The lowest BCUT2D eigenvalue weighted by Gasteiger charge is -2.25. The molecular weight excluding hydrogens is 308 g/mol. The van der Waals surface area contributed by atoms with Gasteiger partial charge < -0.3 is 9.47 Å². The van der Waals surface area contributed by atoms with E-state index in [0.29, 0.717) is 11.5 Å². The molecular formula is C18H18N2O4. The van der Waals surface area contributed by atoms with E-state index in [0.717, 1.165) is 11.1 Å². The molecule has 0 saturated carbocycles. The number of aryl methyl sites for hydroxylation is 1. The molecule has 0 fully saturated rings. The Morgan fingerprint density at radius 3 is 2.54 bits per heavy atom. The fourth-order valence-corrected chi connectivity index (χ4v) is 2.39. The first-order chi connectivity index (χ1) is 11.6. The van der Waals surface area contributed by atoms with Gasteiger partial charge in [-0.15, -0.1) is 0 Å². The van der Waals surface area contributed by atoms with Crippen LogP contribution in [-0.4, -0.2) is 24.5 Å². The van der Waals surface area contributed by atoms with Gasteiger partial charge in [-0.25, -0.2) is 0 Å². The summed E-state index contributed by atoms with van der Waals surface area (Å²) in [6.45, 7) is 2.03. The highest BCUT2D eigenvalue weighted by molar-refractivity contribution is 5.86. The fraction of sp³-hybridized carbons (Fsp3) is 0.222. The number of fused-ring (bicyclic) bond motifs is 1. The molecule has 2 aromatic rings. The number of para-hydroxylation sites is 2. The predicted molar refractivity (Wildman–Crippen MR) is 87.5 cm³/mol. The van der Waals surface area contributed by atoms with Gasteiger partial charge >= 0.3 is 0 Å². The lowest BCUT2D eigenvalue weighted by Crippen LogP contribution is -2.51. The van der Waals surface area contributed by atoms with Gasteiger partial charge in [0.05, 0.1) is 6.42 Å². The number of carbonyl (C=O) groups is 2. The number of hydrogen-bond donors (Lipinski definition) is 2. The molecule has 3 rings (SSSR count). The average Bonchev–Trinajstić information content (AvgIpc) is 2.61. The maximum atomic E-state index is 12.1. The first-order valence-electron chi connectivity index (χ1n) is 7.65. The molecule has 124 valence electrons. The van der Waals surface area contributed by atoms with Gasteiger partial charge in [0, 0.05) is 0 Å². The molecule has 2 N–H and O–H groups in total. The SMILES string of the molecule is Cc1ccccc1CC(=O)NNC(=O)C1COc2ccccc2O1. The van der Waals surface area contributed by atoms with Crippen LogP contribution >= 0.6 is 0 Å². The first kappa shape index (κ1) is 15.9. The van der Waals surface area contributed by atoms with E-state index in [-0.39, 0.29) is 18.9 Å². The van der Waals surface area contributed by atoms with Gasteiger partial charge in [0.15, 0.2) is 11.5 Å². The Balaban J connectivity index is 1.51. The van der Waals surface area contributed by atoms with Gasteiger partial charge in [0.1, 0.15) is 6.61 Å². The molecule has 0 spiro atoms. The minimum absolute atomic E-state index is 0.0938. The van der Waals surface area contributed by atoms with Crippen LogP contribution in [0.3, 0.4) is 0 Å². The van der Waals surface area contributed by atoms with E-state index in [2.05, 4.69) is 10.9 Å². The minimum atomic E-state index is -0.807. The molecule has 1 aliphatic heterocycles. The lowest BCUT2D eigenvalue weighted by molar-refractivity contribution is -0.134. The van der Waals surface area contributed by atoms with Crippen LogP contribution in [0.1, 0.15) is 11.1 Å². The van der Waals surface area contributed by atoms with Crippen molar-refractivity contribution in [2.24, 2.45) is 0 Å². The van der Waals surface area contributed by atoms with Gasteiger partial charge in [-0.05, 0) is 30.2 Å². The molecule has 0 aliphatic carbocycles. The zero-order valence-corrected chi connectivity index (χ0v) is 13.2. The summed E-state index contributed by atoms with van der Waals surface area (Å²) in [4.78, 5) is 24.1. The Kier molecular flexibility index (Phi) is 4.65. The second kappa shape index (κ2) is 7.04. The number of amides is 2. The van der Waals surface area contributed by atoms with E-state index in [1.165, 1.54) is 0 Å². The lowest BCUT2D eigenvalue weighted by atomic mass is 10.1. The molecule has 2 amide bonds. The Hall–Kier alpha value is -3.02. The second-order valence-corrected chi connectivity index (χ2v) is 5.50. The van der Waals surface area contributed by atoms with Crippen molar-refractivity contribution < 1.29 is 19.1 Å². The van der Waals surface area contributed by atoms with E-state index in [4.69, 9.17) is 9.47 Å². The quantitative estimate of drug-likeness (QED) is 0.839. The number of rotatable bonds is 3. The third-order valence-corrected chi connectivity index (χ3v) is 3.74. The fourth-order valence-electron chi connectivity index (χ4n) is 2.39. The van der Waals surface area contributed by atoms with Gasteiger partial charge in [-0.3, -0.25) is 20.4 Å². The van der Waals surface area contributed by atoms with E-state index >= 15 is 0 Å². The monoisotopic (exact) mass is 326 g/mol. The number of benzene rings is 2. The van der Waals surface area contributed by atoms with Gasteiger partial charge in [0.2, 0.25) is 12.0 Å². The van der Waals surface area contributed by atoms with Crippen LogP contribution in [0.2, 0.25) is 0 Å². The molecule has 1 unspecified atom stereocenters. The number of nitrogens with one attached hydrogen (secondary N) is 2. The molecule has 0 aromatic heterocycles. The molecule has 0 radical (unpaired) electrons. The molecule has 1 atom stereocenters. The third kappa shape index (κ3) is 3.65. The van der Waals surface area contributed by atoms with Crippen molar-refractivity contribution in [2.75, 3.05) is 6.61 Å². The zero-order chi connectivity index (χ0) is 16.9. The van der Waals surface area contributed by atoms with Gasteiger partial charge in [-0.1, -0.05) is 36.4 Å². The second-order valence-electron chi connectivity index (χ2n) is 5.50. The summed E-state index contributed by atoms with van der Waals surface area (Å²) in [6, 6.07) is 14.7. The largest absolute Gasteiger partial charge is 0.485 e. The van der Waals surface area contributed by atoms with Crippen molar-refractivity contribution in [3.63, 3.8) is 0 Å². The smallest absolute Gasteiger partial charge is 0.283 e. The highest BCUT2D eigenvalue weighted by Gasteiger charge is 2.27. The maximum absolute atomic E-state index is 12.1. The van der Waals surface area contributed by atoms with E-state index in [1.54, 1.807) is 18.2 Å². The number of hydrogen-bond acceptors (Lipinski definition) is 4. The number of hydrazine groups is 1. The van der Waals surface area contributed by atoms with Crippen molar-refractivity contribution in [3.8, 4) is 11.5 Å². The molecule has 6 nitrogen and oxygen atoms in total. The van der Waals surface area contributed by atoms with Crippen LogP contribution in [0.15, 0.2) is 48.5 Å². The van der Waals surface area contributed by atoms with Crippen molar-refractivity contribution in [3.05, 3.63) is 59.7 Å². The summed E-state index contributed by atoms with van der Waals surface area (Å²) in [5.41, 5.74) is 6.72. The minimum Gasteiger partial charge on any atom is -0.485 e. The van der Waals surface area contributed by atoms with Gasteiger partial charge in [0.25, 0.3) is 5.91 Å². The van der Waals surface area contributed by atoms with E-state index < -0.39 is 12.0 Å². The molecule has 0 saturated heterocycles. The van der Waals surface area contributed by atoms with Crippen LogP contribution in [-0.2, 0) is 16.0 Å². The van der Waals surface area contributed by atoms with E-state index in [9.17, 15) is 9.59 Å². The summed E-state index contributed by atoms with van der Waals surface area (Å²) in [5.74, 6) is 0.359. The van der Waals surface area contributed by atoms with E-state index in [1.807, 2.05) is 37.3 Å². The first-order valence-corrected chi connectivity index (χ1v) is 7.65. The maximum Gasteiger partial charge on any atom is 0.283 e. The third-order valence-electron chi connectivity index (χ3n) is 3.74. The standard InChI is InChI=1S/C18H18N2O4/c1-12-6-2-3-7-13(12)10-17(21)19-20-18(22)16-11-23-14-8-4-5-9-15(14)24-16/h2-9,16H,10-11H2,1H3,(H,19,21)(H,20,22). The van der Waals surface area contributed by atoms with Crippen LogP contribution in [0.4, 0.5) is 0 Å². The highest BCUT2D eigenvalue weighted by atomic mass is 16.6. The number of carbonyl (C=O) groups excluding carboxylic acids is 2. The molecule has 0 bridgehead atoms. The van der Waals surface area contributed by atoms with Crippen molar-refractivity contribution in [1.82, 2.24) is 10.9 Å². The summed E-state index contributed by atoms with van der Waals surface area (Å²) in [6.07, 6.45) is -0.615. The molecule has 2 aromatic carbocycles. The topological polar surface area (TPSA) is 76.7 Å². The summed E-state index contributed by atoms with van der Waals surface area (Å²) in [7, 11) is 0. The van der Waals surface area contributed by atoms with Crippen LogP contribution < -0.4 is 20.3 Å². The summed E-state index contributed by atoms with van der Waals surface area (Å²) < 4.78 is 11.1. The Morgan fingerprint density at radius 2 is 1.75 bits per heavy atom. The molecule has 24 heavy (non-hydrogen) atoms. The van der Waals surface area contributed by atoms with Crippen LogP contribution in [0.25, 0.3) is 0 Å². The summed E-state index contributed by atoms with van der Waals surface area (Å²) >= 11 is 0. The molecule has 1 heterocycles. The Morgan fingerprint density at radius 1 is 1.04 bits per heavy atom. The molecule has 6 heteroatoms. The van der Waals surface area contributed by atoms with Crippen molar-refractivity contribution >= 4 is 11.8 Å². The Labute approximate surface area is 139 Å². The number of ether oxygens (including phenoxy) is 2. The van der Waals surface area contributed by atoms with Crippen LogP contribution in [0, 0.1) is 6.92 Å². The van der Waals surface area contributed by atoms with Gasteiger partial charge in [-0.2, -0.15) is 0 Å². The predicted octanol–water partition coefficient (Wildman–Crippen LogP) is 1.52.